The van der Waals surface area contributed by atoms with Gasteiger partial charge in [0.2, 0.25) is 0 Å². The van der Waals surface area contributed by atoms with Crippen molar-refractivity contribution < 1.29 is 4.79 Å². The monoisotopic (exact) mass is 302 g/mol. The molecule has 2 amide bonds. The van der Waals surface area contributed by atoms with Gasteiger partial charge in [-0.25, -0.2) is 4.79 Å². The van der Waals surface area contributed by atoms with Gasteiger partial charge in [-0.2, -0.15) is 0 Å². The van der Waals surface area contributed by atoms with Gasteiger partial charge in [0, 0.05) is 11.6 Å². The standard InChI is InChI=1S/C12H16Cl2N4O/c1-2-3-6-18(12(19)17-11(15)16)10-5-4-8(13)7-9(10)14/h4-5,7H,2-3,6H2,1H3,(H4,15,16,17,19). The maximum Gasteiger partial charge on any atom is 0.328 e. The molecule has 0 aromatic heterocycles. The van der Waals surface area contributed by atoms with Crippen LogP contribution in [0, 0.1) is 5.41 Å². The Balaban J connectivity index is 3.01. The molecule has 0 atom stereocenters. The van der Waals surface area contributed by atoms with Gasteiger partial charge in [0.15, 0.2) is 5.96 Å². The number of amides is 2. The number of hydrogen-bond acceptors (Lipinski definition) is 2. The van der Waals surface area contributed by atoms with Gasteiger partial charge in [0.25, 0.3) is 0 Å². The maximum atomic E-state index is 12.0. The SMILES string of the molecule is CCCCN(C(=O)NC(=N)N)c1ccc(Cl)cc1Cl. The summed E-state index contributed by atoms with van der Waals surface area (Å²) in [6, 6.07) is 4.41. The Morgan fingerprint density at radius 3 is 2.68 bits per heavy atom. The van der Waals surface area contributed by atoms with Crippen LogP contribution in [0.2, 0.25) is 10.0 Å². The molecule has 0 fully saturated rings. The fourth-order valence-corrected chi connectivity index (χ4v) is 2.04. The Kier molecular flexibility index (Phi) is 5.92. The molecule has 0 unspecified atom stereocenters. The molecule has 0 aliphatic carbocycles. The largest absolute Gasteiger partial charge is 0.370 e. The van der Waals surface area contributed by atoms with Crippen LogP contribution >= 0.6 is 23.2 Å². The molecule has 1 rings (SSSR count). The van der Waals surface area contributed by atoms with Crippen LogP contribution in [0.3, 0.4) is 0 Å². The van der Waals surface area contributed by atoms with E-state index in [-0.39, 0.29) is 0 Å². The van der Waals surface area contributed by atoms with E-state index >= 15 is 0 Å². The number of rotatable bonds is 4. The molecule has 0 spiro atoms. The van der Waals surface area contributed by atoms with Crippen LogP contribution in [-0.4, -0.2) is 18.5 Å². The molecule has 0 heterocycles. The zero-order chi connectivity index (χ0) is 14.4. The quantitative estimate of drug-likeness (QED) is 0.589. The highest BCUT2D eigenvalue weighted by atomic mass is 35.5. The Labute approximate surface area is 122 Å². The molecule has 7 heteroatoms. The van der Waals surface area contributed by atoms with E-state index in [0.717, 1.165) is 12.8 Å². The van der Waals surface area contributed by atoms with Gasteiger partial charge in [-0.1, -0.05) is 36.5 Å². The summed E-state index contributed by atoms with van der Waals surface area (Å²) >= 11 is 11.9. The molecule has 0 aliphatic heterocycles. The van der Waals surface area contributed by atoms with Crippen molar-refractivity contribution in [2.45, 2.75) is 19.8 Å². The Hall–Kier alpha value is -1.46. The molecule has 4 N–H and O–H groups in total. The lowest BCUT2D eigenvalue weighted by molar-refractivity contribution is 0.250. The van der Waals surface area contributed by atoms with Gasteiger partial charge in [-0.05, 0) is 24.6 Å². The molecule has 0 bridgehead atoms. The number of hydrogen-bond donors (Lipinski definition) is 3. The highest BCUT2D eigenvalue weighted by Crippen LogP contribution is 2.29. The van der Waals surface area contributed by atoms with Crippen LogP contribution in [0.15, 0.2) is 18.2 Å². The fourth-order valence-electron chi connectivity index (χ4n) is 1.53. The number of nitrogens with zero attached hydrogens (tertiary/aromatic N) is 1. The van der Waals surface area contributed by atoms with Gasteiger partial charge >= 0.3 is 6.03 Å². The van der Waals surface area contributed by atoms with Crippen molar-refractivity contribution in [1.82, 2.24) is 5.32 Å². The van der Waals surface area contributed by atoms with Gasteiger partial charge in [-0.3, -0.25) is 15.6 Å². The molecule has 1 aromatic rings. The summed E-state index contributed by atoms with van der Waals surface area (Å²) in [6.45, 7) is 2.50. The van der Waals surface area contributed by atoms with E-state index in [1.807, 2.05) is 6.92 Å². The molecule has 0 saturated heterocycles. The molecular formula is C12H16Cl2N4O. The number of urea groups is 1. The second kappa shape index (κ2) is 7.21. The van der Waals surface area contributed by atoms with E-state index in [0.29, 0.717) is 22.3 Å². The first-order chi connectivity index (χ1) is 8.95. The number of carbonyl (C=O) groups excluding carboxylic acids is 1. The van der Waals surface area contributed by atoms with Crippen LogP contribution in [-0.2, 0) is 0 Å². The second-order valence-electron chi connectivity index (χ2n) is 3.94. The normalized spacial score (nSPS) is 10.1. The summed E-state index contributed by atoms with van der Waals surface area (Å²) in [4.78, 5) is 13.4. The third kappa shape index (κ3) is 4.61. The minimum atomic E-state index is -0.481. The summed E-state index contributed by atoms with van der Waals surface area (Å²) in [7, 11) is 0. The molecular weight excluding hydrogens is 287 g/mol. The van der Waals surface area contributed by atoms with Crippen molar-refractivity contribution in [2.75, 3.05) is 11.4 Å². The number of unbranched alkanes of at least 4 members (excludes halogenated alkanes) is 1. The molecule has 5 nitrogen and oxygen atoms in total. The number of nitrogens with two attached hydrogens (primary N) is 1. The number of nitrogens with one attached hydrogen (secondary N) is 2. The van der Waals surface area contributed by atoms with Crippen molar-refractivity contribution in [2.24, 2.45) is 5.73 Å². The second-order valence-corrected chi connectivity index (χ2v) is 4.79. The zero-order valence-corrected chi connectivity index (χ0v) is 12.1. The van der Waals surface area contributed by atoms with Crippen molar-refractivity contribution in [3.63, 3.8) is 0 Å². The molecule has 104 valence electrons. The average Bonchev–Trinajstić information content (AvgIpc) is 2.31. The first kappa shape index (κ1) is 15.6. The van der Waals surface area contributed by atoms with Crippen LogP contribution < -0.4 is 16.0 Å². The molecule has 0 radical (unpaired) electrons. The van der Waals surface area contributed by atoms with Crippen molar-refractivity contribution in [3.05, 3.63) is 28.2 Å². The van der Waals surface area contributed by atoms with E-state index in [1.54, 1.807) is 18.2 Å². The Morgan fingerprint density at radius 1 is 1.47 bits per heavy atom. The first-order valence-electron chi connectivity index (χ1n) is 5.83. The average molecular weight is 303 g/mol. The maximum absolute atomic E-state index is 12.0. The van der Waals surface area contributed by atoms with Gasteiger partial charge in [0.1, 0.15) is 0 Å². The summed E-state index contributed by atoms with van der Waals surface area (Å²) in [6.07, 6.45) is 1.74. The fraction of sp³-hybridized carbons (Fsp3) is 0.333. The van der Waals surface area contributed by atoms with Gasteiger partial charge in [-0.15, -0.1) is 0 Å². The minimum absolute atomic E-state index is 0.377. The van der Waals surface area contributed by atoms with E-state index < -0.39 is 12.0 Å². The summed E-state index contributed by atoms with van der Waals surface area (Å²) < 4.78 is 0. The van der Waals surface area contributed by atoms with Crippen LogP contribution in [0.25, 0.3) is 0 Å². The van der Waals surface area contributed by atoms with Crippen molar-refractivity contribution >= 4 is 40.9 Å². The van der Waals surface area contributed by atoms with E-state index in [4.69, 9.17) is 34.3 Å². The van der Waals surface area contributed by atoms with Gasteiger partial charge in [0.05, 0.1) is 10.7 Å². The lowest BCUT2D eigenvalue weighted by atomic mass is 10.2. The van der Waals surface area contributed by atoms with Crippen LogP contribution in [0.1, 0.15) is 19.8 Å². The smallest absolute Gasteiger partial charge is 0.328 e. The Morgan fingerprint density at radius 2 is 2.16 bits per heavy atom. The lowest BCUT2D eigenvalue weighted by Gasteiger charge is -2.23. The lowest BCUT2D eigenvalue weighted by Crippen LogP contribution is -2.46. The molecule has 1 aromatic carbocycles. The van der Waals surface area contributed by atoms with Crippen LogP contribution in [0.5, 0.6) is 0 Å². The third-order valence-corrected chi connectivity index (χ3v) is 2.96. The third-order valence-electron chi connectivity index (χ3n) is 2.42. The van der Waals surface area contributed by atoms with E-state index in [1.165, 1.54) is 4.90 Å². The topological polar surface area (TPSA) is 82.2 Å². The van der Waals surface area contributed by atoms with Crippen molar-refractivity contribution in [3.8, 4) is 0 Å². The number of carbonyl (C=O) groups is 1. The summed E-state index contributed by atoms with van der Waals surface area (Å²) in [5.41, 5.74) is 5.71. The molecule has 0 aliphatic rings. The number of halogens is 2. The number of benzene rings is 1. The highest BCUT2D eigenvalue weighted by molar-refractivity contribution is 6.36. The molecule has 19 heavy (non-hydrogen) atoms. The minimum Gasteiger partial charge on any atom is -0.370 e. The number of anilines is 1. The summed E-state index contributed by atoms with van der Waals surface area (Å²) in [5, 5.41) is 10.2. The summed E-state index contributed by atoms with van der Waals surface area (Å²) in [5.74, 6) is -0.406. The predicted octanol–water partition coefficient (Wildman–Crippen LogP) is 3.20. The molecule has 0 saturated carbocycles. The van der Waals surface area contributed by atoms with Crippen LogP contribution in [0.4, 0.5) is 10.5 Å². The first-order valence-corrected chi connectivity index (χ1v) is 6.59. The Bertz CT molecular complexity index is 479. The van der Waals surface area contributed by atoms with Crippen molar-refractivity contribution in [1.29, 1.82) is 5.41 Å². The van der Waals surface area contributed by atoms with E-state index in [2.05, 4.69) is 5.32 Å². The predicted molar refractivity (Wildman–Crippen MR) is 79.2 cm³/mol. The van der Waals surface area contributed by atoms with Gasteiger partial charge < -0.3 is 5.73 Å². The van der Waals surface area contributed by atoms with E-state index in [9.17, 15) is 4.79 Å². The number of guanidine groups is 1. The zero-order valence-electron chi connectivity index (χ0n) is 10.5. The highest BCUT2D eigenvalue weighted by Gasteiger charge is 2.18.